The maximum atomic E-state index is 13.1. The van der Waals surface area contributed by atoms with Gasteiger partial charge in [-0.2, -0.15) is 15.0 Å². The molecule has 110 valence electrons. The molecule has 6 nitrogen and oxygen atoms in total. The third-order valence-corrected chi connectivity index (χ3v) is 3.42. The Labute approximate surface area is 125 Å². The van der Waals surface area contributed by atoms with Gasteiger partial charge in [0.1, 0.15) is 5.82 Å². The first-order valence-corrected chi connectivity index (χ1v) is 6.81. The van der Waals surface area contributed by atoms with E-state index in [0.29, 0.717) is 43.6 Å². The minimum absolute atomic E-state index is 0.0990. The molecule has 1 aliphatic heterocycles. The first kappa shape index (κ1) is 14.0. The summed E-state index contributed by atoms with van der Waals surface area (Å²) in [6.07, 6.45) is 0. The normalized spacial score (nSPS) is 15.2. The lowest BCUT2D eigenvalue weighted by molar-refractivity contribution is 0.122. The number of anilines is 2. The summed E-state index contributed by atoms with van der Waals surface area (Å²) in [6.45, 7) is 2.58. The van der Waals surface area contributed by atoms with E-state index in [4.69, 9.17) is 22.1 Å². The highest BCUT2D eigenvalue weighted by Crippen LogP contribution is 2.27. The van der Waals surface area contributed by atoms with Gasteiger partial charge in [-0.25, -0.2) is 4.39 Å². The van der Waals surface area contributed by atoms with Crippen molar-refractivity contribution < 1.29 is 9.13 Å². The molecule has 0 unspecified atom stereocenters. The van der Waals surface area contributed by atoms with Gasteiger partial charge >= 0.3 is 0 Å². The van der Waals surface area contributed by atoms with E-state index < -0.39 is 5.82 Å². The molecule has 2 heterocycles. The summed E-state index contributed by atoms with van der Waals surface area (Å²) in [6, 6.07) is 4.04. The molecule has 2 aromatic rings. The summed E-state index contributed by atoms with van der Waals surface area (Å²) in [5.74, 6) is 0.483. The predicted octanol–water partition coefficient (Wildman–Crippen LogP) is 1.75. The van der Waals surface area contributed by atoms with E-state index in [2.05, 4.69) is 15.0 Å². The summed E-state index contributed by atoms with van der Waals surface area (Å²) < 4.78 is 18.4. The minimum Gasteiger partial charge on any atom is -0.378 e. The molecule has 1 aromatic carbocycles. The van der Waals surface area contributed by atoms with Crippen LogP contribution >= 0.6 is 11.6 Å². The molecular weight excluding hydrogens is 297 g/mol. The van der Waals surface area contributed by atoms with Crippen LogP contribution in [0.4, 0.5) is 16.3 Å². The van der Waals surface area contributed by atoms with E-state index in [1.165, 1.54) is 18.2 Å². The molecule has 21 heavy (non-hydrogen) atoms. The Morgan fingerprint density at radius 2 is 1.95 bits per heavy atom. The third-order valence-electron chi connectivity index (χ3n) is 3.11. The van der Waals surface area contributed by atoms with Crippen LogP contribution in [0.25, 0.3) is 11.4 Å². The molecule has 0 radical (unpaired) electrons. The lowest BCUT2D eigenvalue weighted by Crippen LogP contribution is -2.37. The molecule has 0 aliphatic carbocycles. The monoisotopic (exact) mass is 309 g/mol. The lowest BCUT2D eigenvalue weighted by atomic mass is 10.2. The number of nitrogens with two attached hydrogens (primary N) is 1. The van der Waals surface area contributed by atoms with E-state index >= 15 is 0 Å². The number of nitrogens with zero attached hydrogens (tertiary/aromatic N) is 4. The molecule has 1 saturated heterocycles. The molecule has 1 aliphatic rings. The van der Waals surface area contributed by atoms with Crippen LogP contribution in [-0.4, -0.2) is 41.3 Å². The zero-order chi connectivity index (χ0) is 14.8. The number of nitrogen functional groups attached to an aromatic ring is 1. The first-order valence-electron chi connectivity index (χ1n) is 6.43. The fraction of sp³-hybridized carbons (Fsp3) is 0.308. The third kappa shape index (κ3) is 3.03. The van der Waals surface area contributed by atoms with Crippen molar-refractivity contribution in [2.75, 3.05) is 36.9 Å². The zero-order valence-electron chi connectivity index (χ0n) is 11.1. The van der Waals surface area contributed by atoms with Crippen LogP contribution in [0.2, 0.25) is 5.02 Å². The molecule has 0 bridgehead atoms. The van der Waals surface area contributed by atoms with Gasteiger partial charge in [-0.3, -0.25) is 0 Å². The number of rotatable bonds is 2. The number of hydrogen-bond donors (Lipinski definition) is 1. The first-order chi connectivity index (χ1) is 10.1. The molecule has 0 amide bonds. The molecule has 8 heteroatoms. The molecule has 0 saturated carbocycles. The molecule has 2 N–H and O–H groups in total. The Hall–Kier alpha value is -1.99. The Kier molecular flexibility index (Phi) is 3.85. The number of hydrogen-bond acceptors (Lipinski definition) is 6. The van der Waals surface area contributed by atoms with Gasteiger partial charge < -0.3 is 15.4 Å². The second kappa shape index (κ2) is 5.79. The van der Waals surface area contributed by atoms with Crippen molar-refractivity contribution in [1.29, 1.82) is 0 Å². The summed E-state index contributed by atoms with van der Waals surface area (Å²) in [5, 5.41) is 0.230. The van der Waals surface area contributed by atoms with Crippen LogP contribution in [0.3, 0.4) is 0 Å². The van der Waals surface area contributed by atoms with Crippen LogP contribution in [0.15, 0.2) is 18.2 Å². The second-order valence-corrected chi connectivity index (χ2v) is 4.95. The van der Waals surface area contributed by atoms with Gasteiger partial charge in [-0.15, -0.1) is 0 Å². The standard InChI is InChI=1S/C13H13ClFN5O/c14-10-7-8(15)1-2-9(10)11-17-12(16)19-13(18-11)20-3-5-21-6-4-20/h1-2,7H,3-6H2,(H2,16,17,18,19). The molecule has 1 aromatic heterocycles. The average Bonchev–Trinajstić information content (AvgIpc) is 2.47. The van der Waals surface area contributed by atoms with E-state index in [1.54, 1.807) is 0 Å². The van der Waals surface area contributed by atoms with Gasteiger partial charge in [0.15, 0.2) is 5.82 Å². The van der Waals surface area contributed by atoms with Crippen molar-refractivity contribution in [3.05, 3.63) is 29.0 Å². The number of morpholine rings is 1. The Bertz CT molecular complexity index is 663. The summed E-state index contributed by atoms with van der Waals surface area (Å²) in [7, 11) is 0. The van der Waals surface area contributed by atoms with Crippen LogP contribution in [0.1, 0.15) is 0 Å². The number of ether oxygens (including phenoxy) is 1. The molecular formula is C13H13ClFN5O. The highest BCUT2D eigenvalue weighted by molar-refractivity contribution is 6.33. The molecule has 1 fully saturated rings. The highest BCUT2D eigenvalue weighted by atomic mass is 35.5. The van der Waals surface area contributed by atoms with Crippen LogP contribution in [0, 0.1) is 5.82 Å². The van der Waals surface area contributed by atoms with Gasteiger partial charge in [0, 0.05) is 18.7 Å². The fourth-order valence-corrected chi connectivity index (χ4v) is 2.33. The van der Waals surface area contributed by atoms with Gasteiger partial charge in [0.05, 0.1) is 18.2 Å². The summed E-state index contributed by atoms with van der Waals surface area (Å²) in [5.41, 5.74) is 6.26. The Balaban J connectivity index is 2.00. The lowest BCUT2D eigenvalue weighted by Gasteiger charge is -2.26. The van der Waals surface area contributed by atoms with Crippen molar-refractivity contribution >= 4 is 23.5 Å². The van der Waals surface area contributed by atoms with Crippen molar-refractivity contribution in [1.82, 2.24) is 15.0 Å². The van der Waals surface area contributed by atoms with Crippen molar-refractivity contribution in [3.8, 4) is 11.4 Å². The highest BCUT2D eigenvalue weighted by Gasteiger charge is 2.17. The molecule has 0 spiro atoms. The summed E-state index contributed by atoms with van der Waals surface area (Å²) in [4.78, 5) is 14.6. The van der Waals surface area contributed by atoms with Crippen molar-refractivity contribution in [2.45, 2.75) is 0 Å². The largest absolute Gasteiger partial charge is 0.378 e. The number of aromatic nitrogens is 3. The van der Waals surface area contributed by atoms with Crippen molar-refractivity contribution in [3.63, 3.8) is 0 Å². The van der Waals surface area contributed by atoms with Crippen LogP contribution in [-0.2, 0) is 4.74 Å². The fourth-order valence-electron chi connectivity index (χ4n) is 2.08. The number of benzene rings is 1. The number of halogens is 2. The Morgan fingerprint density at radius 1 is 1.19 bits per heavy atom. The maximum Gasteiger partial charge on any atom is 0.230 e. The second-order valence-electron chi connectivity index (χ2n) is 4.54. The topological polar surface area (TPSA) is 77.2 Å². The van der Waals surface area contributed by atoms with Gasteiger partial charge in [0.2, 0.25) is 11.9 Å². The van der Waals surface area contributed by atoms with Crippen LogP contribution in [0.5, 0.6) is 0 Å². The molecule has 0 atom stereocenters. The smallest absolute Gasteiger partial charge is 0.230 e. The zero-order valence-corrected chi connectivity index (χ0v) is 11.8. The van der Waals surface area contributed by atoms with Gasteiger partial charge in [-0.05, 0) is 18.2 Å². The van der Waals surface area contributed by atoms with Gasteiger partial charge in [0.25, 0.3) is 0 Å². The summed E-state index contributed by atoms with van der Waals surface area (Å²) >= 11 is 6.04. The van der Waals surface area contributed by atoms with Crippen LogP contribution < -0.4 is 10.6 Å². The van der Waals surface area contributed by atoms with E-state index in [0.717, 1.165) is 0 Å². The van der Waals surface area contributed by atoms with E-state index in [1.807, 2.05) is 4.90 Å². The van der Waals surface area contributed by atoms with E-state index in [-0.39, 0.29) is 11.0 Å². The quantitative estimate of drug-likeness (QED) is 0.910. The maximum absolute atomic E-state index is 13.1. The van der Waals surface area contributed by atoms with Gasteiger partial charge in [-0.1, -0.05) is 11.6 Å². The van der Waals surface area contributed by atoms with Crippen molar-refractivity contribution in [2.24, 2.45) is 0 Å². The molecule has 3 rings (SSSR count). The Morgan fingerprint density at radius 3 is 2.67 bits per heavy atom. The SMILES string of the molecule is Nc1nc(-c2ccc(F)cc2Cl)nc(N2CCOCC2)n1. The predicted molar refractivity (Wildman–Crippen MR) is 77.7 cm³/mol. The van der Waals surface area contributed by atoms with E-state index in [9.17, 15) is 4.39 Å². The minimum atomic E-state index is -0.417. The average molecular weight is 310 g/mol.